The first kappa shape index (κ1) is 11.4. The number of carbonyl (C=O) groups excluding carboxylic acids is 1. The average Bonchev–Trinajstić information content (AvgIpc) is 2.75. The molecule has 0 bridgehead atoms. The van der Waals surface area contributed by atoms with E-state index in [9.17, 15) is 4.79 Å². The molecule has 1 atom stereocenters. The highest BCUT2D eigenvalue weighted by atomic mass is 16.1. The number of nitrogens with one attached hydrogen (secondary N) is 1. The van der Waals surface area contributed by atoms with Crippen molar-refractivity contribution in [1.82, 2.24) is 4.98 Å². The minimum absolute atomic E-state index is 0.0365. The Kier molecular flexibility index (Phi) is 2.97. The summed E-state index contributed by atoms with van der Waals surface area (Å²) >= 11 is 0. The maximum Gasteiger partial charge on any atom is 0.180 e. The Balaban J connectivity index is 2.39. The number of nitriles is 1. The van der Waals surface area contributed by atoms with Gasteiger partial charge in [0.2, 0.25) is 0 Å². The van der Waals surface area contributed by atoms with Crippen molar-refractivity contribution in [1.29, 1.82) is 5.26 Å². The molecule has 3 nitrogen and oxygen atoms in total. The normalized spacial score (nSPS) is 12.6. The summed E-state index contributed by atoms with van der Waals surface area (Å²) in [4.78, 5) is 15.2. The molecule has 3 heteroatoms. The number of carbonyl (C=O) groups is 1. The first-order chi connectivity index (χ1) is 8.13. The SMILES string of the molecule is CC(C)C(C#N)C(=O)c1ccc2[nH]ccc2c1. The first-order valence-corrected chi connectivity index (χ1v) is 5.64. The Hall–Kier alpha value is -2.08. The number of nitrogens with zero attached hydrogens (tertiary/aromatic N) is 1. The van der Waals surface area contributed by atoms with Crippen LogP contribution >= 0.6 is 0 Å². The lowest BCUT2D eigenvalue weighted by atomic mass is 9.89. The largest absolute Gasteiger partial charge is 0.361 e. The molecule has 17 heavy (non-hydrogen) atoms. The van der Waals surface area contributed by atoms with Crippen LogP contribution in [0.3, 0.4) is 0 Å². The highest BCUT2D eigenvalue weighted by molar-refractivity contribution is 6.02. The van der Waals surface area contributed by atoms with Gasteiger partial charge in [0.05, 0.1) is 6.07 Å². The van der Waals surface area contributed by atoms with Crippen molar-refractivity contribution in [2.24, 2.45) is 11.8 Å². The molecule has 0 amide bonds. The van der Waals surface area contributed by atoms with Gasteiger partial charge >= 0.3 is 0 Å². The van der Waals surface area contributed by atoms with Crippen molar-refractivity contribution < 1.29 is 4.79 Å². The van der Waals surface area contributed by atoms with Gasteiger partial charge < -0.3 is 4.98 Å². The Morgan fingerprint density at radius 3 is 2.76 bits per heavy atom. The van der Waals surface area contributed by atoms with Crippen molar-refractivity contribution >= 4 is 16.7 Å². The van der Waals surface area contributed by atoms with Gasteiger partial charge in [0.25, 0.3) is 0 Å². The Labute approximate surface area is 100 Å². The molecule has 1 aromatic heterocycles. The maximum atomic E-state index is 12.2. The number of benzene rings is 1. The number of fused-ring (bicyclic) bond motifs is 1. The molecule has 2 aromatic rings. The summed E-state index contributed by atoms with van der Waals surface area (Å²) in [5.41, 5.74) is 1.61. The lowest BCUT2D eigenvalue weighted by Crippen LogP contribution is -2.18. The number of Topliss-reactive ketones (excluding diaryl/α,β-unsaturated/α-hetero) is 1. The van der Waals surface area contributed by atoms with Crippen LogP contribution in [0.25, 0.3) is 10.9 Å². The lowest BCUT2D eigenvalue weighted by molar-refractivity contribution is 0.0924. The van der Waals surface area contributed by atoms with Gasteiger partial charge in [0.1, 0.15) is 5.92 Å². The van der Waals surface area contributed by atoms with E-state index < -0.39 is 5.92 Å². The summed E-state index contributed by atoms with van der Waals surface area (Å²) in [7, 11) is 0. The standard InChI is InChI=1S/C14H14N2O/c1-9(2)12(8-15)14(17)11-3-4-13-10(7-11)5-6-16-13/h3-7,9,12,16H,1-2H3. The number of H-pyrrole nitrogens is 1. The van der Waals surface area contributed by atoms with Crippen molar-refractivity contribution in [3.8, 4) is 6.07 Å². The second kappa shape index (κ2) is 4.42. The third-order valence-electron chi connectivity index (χ3n) is 2.93. The van der Waals surface area contributed by atoms with Crippen LogP contribution in [-0.2, 0) is 0 Å². The van der Waals surface area contributed by atoms with Crippen LogP contribution in [-0.4, -0.2) is 10.8 Å². The van der Waals surface area contributed by atoms with E-state index >= 15 is 0 Å². The summed E-state index contributed by atoms with van der Waals surface area (Å²) < 4.78 is 0. The number of hydrogen-bond acceptors (Lipinski definition) is 2. The van der Waals surface area contributed by atoms with Crippen LogP contribution in [0.1, 0.15) is 24.2 Å². The topological polar surface area (TPSA) is 56.6 Å². The second-order valence-corrected chi connectivity index (χ2v) is 4.49. The van der Waals surface area contributed by atoms with Crippen LogP contribution in [0, 0.1) is 23.2 Å². The van der Waals surface area contributed by atoms with Gasteiger partial charge in [-0.2, -0.15) is 5.26 Å². The number of aromatic nitrogens is 1. The van der Waals surface area contributed by atoms with Gasteiger partial charge in [-0.15, -0.1) is 0 Å². The van der Waals surface area contributed by atoms with Crippen molar-refractivity contribution in [2.75, 3.05) is 0 Å². The molecule has 0 saturated carbocycles. The van der Waals surface area contributed by atoms with Crippen LogP contribution in [0.2, 0.25) is 0 Å². The fraction of sp³-hybridized carbons (Fsp3) is 0.286. The highest BCUT2D eigenvalue weighted by Gasteiger charge is 2.23. The highest BCUT2D eigenvalue weighted by Crippen LogP contribution is 2.20. The molecular weight excluding hydrogens is 212 g/mol. The van der Waals surface area contributed by atoms with Gasteiger partial charge in [-0.3, -0.25) is 4.79 Å². The van der Waals surface area contributed by atoms with E-state index in [0.717, 1.165) is 10.9 Å². The van der Waals surface area contributed by atoms with Gasteiger partial charge in [-0.05, 0) is 30.2 Å². The van der Waals surface area contributed by atoms with Crippen molar-refractivity contribution in [2.45, 2.75) is 13.8 Å². The van der Waals surface area contributed by atoms with Crippen molar-refractivity contribution in [3.63, 3.8) is 0 Å². The summed E-state index contributed by atoms with van der Waals surface area (Å²) in [6, 6.07) is 9.48. The molecule has 1 heterocycles. The number of aromatic amines is 1. The van der Waals surface area contributed by atoms with E-state index in [1.165, 1.54) is 0 Å². The lowest BCUT2D eigenvalue weighted by Gasteiger charge is -2.11. The number of rotatable bonds is 3. The summed E-state index contributed by atoms with van der Waals surface area (Å²) in [5.74, 6) is -0.619. The third kappa shape index (κ3) is 2.07. The molecule has 1 N–H and O–H groups in total. The molecule has 86 valence electrons. The van der Waals surface area contributed by atoms with E-state index in [1.54, 1.807) is 6.07 Å². The second-order valence-electron chi connectivity index (χ2n) is 4.49. The van der Waals surface area contributed by atoms with Crippen molar-refractivity contribution in [3.05, 3.63) is 36.0 Å². The molecule has 0 spiro atoms. The fourth-order valence-corrected chi connectivity index (χ4v) is 1.90. The predicted molar refractivity (Wildman–Crippen MR) is 66.6 cm³/mol. The van der Waals surface area contributed by atoms with Gasteiger partial charge in [0, 0.05) is 22.7 Å². The molecular formula is C14H14N2O. The Morgan fingerprint density at radius 2 is 2.12 bits per heavy atom. The molecule has 2 rings (SSSR count). The average molecular weight is 226 g/mol. The van der Waals surface area contributed by atoms with Crippen LogP contribution in [0.4, 0.5) is 0 Å². The minimum Gasteiger partial charge on any atom is -0.361 e. The third-order valence-corrected chi connectivity index (χ3v) is 2.93. The molecule has 1 aromatic carbocycles. The van der Waals surface area contributed by atoms with E-state index in [4.69, 9.17) is 5.26 Å². The van der Waals surface area contributed by atoms with E-state index in [0.29, 0.717) is 5.56 Å². The molecule has 0 aliphatic rings. The zero-order valence-electron chi connectivity index (χ0n) is 9.90. The summed E-state index contributed by atoms with van der Waals surface area (Å²) in [6.45, 7) is 3.78. The zero-order valence-corrected chi connectivity index (χ0v) is 9.90. The molecule has 1 unspecified atom stereocenters. The maximum absolute atomic E-state index is 12.2. The Bertz CT molecular complexity index is 590. The predicted octanol–water partition coefficient (Wildman–Crippen LogP) is 3.15. The summed E-state index contributed by atoms with van der Waals surface area (Å²) in [5, 5.41) is 10.0. The van der Waals surface area contributed by atoms with Gasteiger partial charge in [-0.25, -0.2) is 0 Å². The molecule has 0 aliphatic carbocycles. The molecule has 0 saturated heterocycles. The monoisotopic (exact) mass is 226 g/mol. The number of ketones is 1. The smallest absolute Gasteiger partial charge is 0.180 e. The van der Waals surface area contributed by atoms with Gasteiger partial charge in [0.15, 0.2) is 5.78 Å². The van der Waals surface area contributed by atoms with E-state index in [-0.39, 0.29) is 11.7 Å². The molecule has 0 fully saturated rings. The molecule has 0 aliphatic heterocycles. The quantitative estimate of drug-likeness (QED) is 0.817. The van der Waals surface area contributed by atoms with Crippen LogP contribution < -0.4 is 0 Å². The number of hydrogen-bond donors (Lipinski definition) is 1. The first-order valence-electron chi connectivity index (χ1n) is 5.64. The van der Waals surface area contributed by atoms with Gasteiger partial charge in [-0.1, -0.05) is 13.8 Å². The van der Waals surface area contributed by atoms with Crippen LogP contribution in [0.15, 0.2) is 30.5 Å². The minimum atomic E-state index is -0.564. The van der Waals surface area contributed by atoms with E-state index in [2.05, 4.69) is 11.1 Å². The zero-order chi connectivity index (χ0) is 12.4. The Morgan fingerprint density at radius 1 is 1.35 bits per heavy atom. The molecule has 0 radical (unpaired) electrons. The fourth-order valence-electron chi connectivity index (χ4n) is 1.90. The summed E-state index contributed by atoms with van der Waals surface area (Å²) in [6.07, 6.45) is 1.84. The van der Waals surface area contributed by atoms with E-state index in [1.807, 2.05) is 38.2 Å². The van der Waals surface area contributed by atoms with Crippen LogP contribution in [0.5, 0.6) is 0 Å².